The predicted molar refractivity (Wildman–Crippen MR) is 73.0 cm³/mol. The monoisotopic (exact) mass is 264 g/mol. The Morgan fingerprint density at radius 1 is 1.47 bits per heavy atom. The Kier molecular flexibility index (Phi) is 4.70. The number of ether oxygens (including phenoxy) is 1. The van der Waals surface area contributed by atoms with E-state index in [9.17, 15) is 4.79 Å². The number of aryl methyl sites for hydroxylation is 1. The van der Waals surface area contributed by atoms with E-state index in [4.69, 9.17) is 4.74 Å². The van der Waals surface area contributed by atoms with Crippen molar-refractivity contribution >= 4 is 11.6 Å². The molecule has 0 spiro atoms. The van der Waals surface area contributed by atoms with Gasteiger partial charge in [0.1, 0.15) is 0 Å². The van der Waals surface area contributed by atoms with Crippen LogP contribution in [-0.4, -0.2) is 48.7 Å². The molecule has 6 nitrogen and oxygen atoms in total. The first-order valence-corrected chi connectivity index (χ1v) is 6.55. The molecule has 104 valence electrons. The van der Waals surface area contributed by atoms with Gasteiger partial charge in [-0.25, -0.2) is 5.01 Å². The van der Waals surface area contributed by atoms with Crippen molar-refractivity contribution in [3.8, 4) is 0 Å². The molecule has 2 heterocycles. The second kappa shape index (κ2) is 6.49. The molecule has 19 heavy (non-hydrogen) atoms. The van der Waals surface area contributed by atoms with Crippen LogP contribution < -0.4 is 10.7 Å². The molecule has 1 aliphatic heterocycles. The van der Waals surface area contributed by atoms with Crippen molar-refractivity contribution in [2.75, 3.05) is 38.2 Å². The molecule has 2 rings (SSSR count). The summed E-state index contributed by atoms with van der Waals surface area (Å²) in [6.07, 6.45) is 1.61. The number of carbonyl (C=O) groups excluding carboxylic acids is 1. The summed E-state index contributed by atoms with van der Waals surface area (Å²) in [5.74, 6) is -0.134. The summed E-state index contributed by atoms with van der Waals surface area (Å²) >= 11 is 0. The van der Waals surface area contributed by atoms with Gasteiger partial charge in [-0.2, -0.15) is 0 Å². The van der Waals surface area contributed by atoms with E-state index in [0.717, 1.165) is 17.9 Å². The minimum Gasteiger partial charge on any atom is -0.385 e. The van der Waals surface area contributed by atoms with Crippen LogP contribution in [0.5, 0.6) is 0 Å². The van der Waals surface area contributed by atoms with Crippen LogP contribution in [0.15, 0.2) is 12.3 Å². The molecular formula is C13H20N4O2. The minimum atomic E-state index is -0.134. The Hall–Kier alpha value is -1.66. The van der Waals surface area contributed by atoms with Crippen LogP contribution in [-0.2, 0) is 4.74 Å². The number of aromatic nitrogens is 1. The van der Waals surface area contributed by atoms with Gasteiger partial charge in [-0.3, -0.25) is 15.2 Å². The number of nitrogens with one attached hydrogen (secondary N) is 2. The lowest BCUT2D eigenvalue weighted by Crippen LogP contribution is -2.48. The minimum absolute atomic E-state index is 0.134. The van der Waals surface area contributed by atoms with E-state index in [1.54, 1.807) is 6.20 Å². The number of hydrazine groups is 1. The summed E-state index contributed by atoms with van der Waals surface area (Å²) in [5.41, 5.74) is 5.16. The van der Waals surface area contributed by atoms with Crippen molar-refractivity contribution in [1.82, 2.24) is 15.4 Å². The highest BCUT2D eigenvalue weighted by Crippen LogP contribution is 2.15. The van der Waals surface area contributed by atoms with Gasteiger partial charge in [0.05, 0.1) is 24.5 Å². The van der Waals surface area contributed by atoms with E-state index in [1.807, 2.05) is 24.9 Å². The molecule has 2 N–H and O–H groups in total. The first-order chi connectivity index (χ1) is 9.20. The van der Waals surface area contributed by atoms with Gasteiger partial charge in [-0.1, -0.05) is 0 Å². The topological polar surface area (TPSA) is 66.5 Å². The molecule has 0 aliphatic carbocycles. The molecule has 0 aromatic carbocycles. The maximum Gasteiger partial charge on any atom is 0.269 e. The molecule has 0 unspecified atom stereocenters. The molecule has 1 amide bonds. The first-order valence-electron chi connectivity index (χ1n) is 6.55. The maximum atomic E-state index is 12.2. The first kappa shape index (κ1) is 13.8. The Bertz CT molecular complexity index is 444. The van der Waals surface area contributed by atoms with Crippen molar-refractivity contribution in [2.24, 2.45) is 0 Å². The summed E-state index contributed by atoms with van der Waals surface area (Å²) < 4.78 is 5.25. The van der Waals surface area contributed by atoms with Crippen LogP contribution in [0.4, 0.5) is 5.69 Å². The fourth-order valence-electron chi connectivity index (χ4n) is 1.96. The summed E-state index contributed by atoms with van der Waals surface area (Å²) in [5, 5.41) is 5.07. The van der Waals surface area contributed by atoms with Crippen LogP contribution >= 0.6 is 0 Å². The van der Waals surface area contributed by atoms with Gasteiger partial charge < -0.3 is 10.1 Å². The van der Waals surface area contributed by atoms with Crippen LogP contribution in [0, 0.1) is 6.92 Å². The molecule has 1 aromatic heterocycles. The number of morpholine rings is 1. The van der Waals surface area contributed by atoms with Gasteiger partial charge in [0.2, 0.25) is 0 Å². The van der Waals surface area contributed by atoms with Crippen molar-refractivity contribution in [3.63, 3.8) is 0 Å². The number of amides is 1. The van der Waals surface area contributed by atoms with Gasteiger partial charge in [0.15, 0.2) is 0 Å². The van der Waals surface area contributed by atoms with Crippen molar-refractivity contribution in [2.45, 2.75) is 13.8 Å². The molecule has 0 saturated carbocycles. The van der Waals surface area contributed by atoms with Gasteiger partial charge in [-0.15, -0.1) is 0 Å². The standard InChI is InChI=1S/C13H20N4O2/c1-3-14-12-8-10(2)15-9-11(12)13(18)16-17-4-6-19-7-5-17/h8-9H,3-7H2,1-2H3,(H,14,15)(H,16,18). The van der Waals surface area contributed by atoms with Gasteiger partial charge in [0, 0.05) is 31.5 Å². The quantitative estimate of drug-likeness (QED) is 0.842. The number of anilines is 1. The molecule has 1 aliphatic rings. The lowest BCUT2D eigenvalue weighted by molar-refractivity contribution is 0.0126. The maximum absolute atomic E-state index is 12.2. The Morgan fingerprint density at radius 2 is 2.21 bits per heavy atom. The number of rotatable bonds is 4. The molecular weight excluding hydrogens is 244 g/mol. The highest BCUT2D eigenvalue weighted by Gasteiger charge is 2.17. The zero-order valence-electron chi connectivity index (χ0n) is 11.4. The summed E-state index contributed by atoms with van der Waals surface area (Å²) in [6, 6.07) is 1.89. The third-order valence-electron chi connectivity index (χ3n) is 2.92. The van der Waals surface area contributed by atoms with Crippen molar-refractivity contribution in [3.05, 3.63) is 23.5 Å². The Morgan fingerprint density at radius 3 is 2.89 bits per heavy atom. The highest BCUT2D eigenvalue weighted by molar-refractivity contribution is 5.99. The van der Waals surface area contributed by atoms with Gasteiger partial charge in [-0.05, 0) is 19.9 Å². The van der Waals surface area contributed by atoms with Crippen molar-refractivity contribution in [1.29, 1.82) is 0 Å². The van der Waals surface area contributed by atoms with Crippen LogP contribution in [0.2, 0.25) is 0 Å². The molecule has 0 bridgehead atoms. The average Bonchev–Trinajstić information content (AvgIpc) is 2.40. The number of hydrogen-bond donors (Lipinski definition) is 2. The van der Waals surface area contributed by atoms with E-state index >= 15 is 0 Å². The molecule has 0 radical (unpaired) electrons. The molecule has 0 atom stereocenters. The van der Waals surface area contributed by atoms with Crippen LogP contribution in [0.3, 0.4) is 0 Å². The zero-order valence-corrected chi connectivity index (χ0v) is 11.4. The van der Waals surface area contributed by atoms with Crippen LogP contribution in [0.1, 0.15) is 23.0 Å². The summed E-state index contributed by atoms with van der Waals surface area (Å²) in [7, 11) is 0. The summed E-state index contributed by atoms with van der Waals surface area (Å²) in [6.45, 7) is 7.38. The fraction of sp³-hybridized carbons (Fsp3) is 0.538. The van der Waals surface area contributed by atoms with Gasteiger partial charge in [0.25, 0.3) is 5.91 Å². The predicted octanol–water partition coefficient (Wildman–Crippen LogP) is 0.799. The van der Waals surface area contributed by atoms with E-state index in [1.165, 1.54) is 0 Å². The lowest BCUT2D eigenvalue weighted by Gasteiger charge is -2.27. The normalized spacial score (nSPS) is 16.1. The second-order valence-electron chi connectivity index (χ2n) is 4.44. The SMILES string of the molecule is CCNc1cc(C)ncc1C(=O)NN1CCOCC1. The third kappa shape index (κ3) is 3.65. The molecule has 1 saturated heterocycles. The highest BCUT2D eigenvalue weighted by atomic mass is 16.5. The number of pyridine rings is 1. The van der Waals surface area contributed by atoms with E-state index in [0.29, 0.717) is 31.9 Å². The number of hydrogen-bond acceptors (Lipinski definition) is 5. The Balaban J connectivity index is 2.08. The smallest absolute Gasteiger partial charge is 0.269 e. The van der Waals surface area contributed by atoms with E-state index in [-0.39, 0.29) is 5.91 Å². The van der Waals surface area contributed by atoms with Gasteiger partial charge >= 0.3 is 0 Å². The second-order valence-corrected chi connectivity index (χ2v) is 4.44. The zero-order chi connectivity index (χ0) is 13.7. The summed E-state index contributed by atoms with van der Waals surface area (Å²) in [4.78, 5) is 16.4. The van der Waals surface area contributed by atoms with E-state index in [2.05, 4.69) is 15.7 Å². The third-order valence-corrected chi connectivity index (χ3v) is 2.92. The van der Waals surface area contributed by atoms with E-state index < -0.39 is 0 Å². The van der Waals surface area contributed by atoms with Crippen molar-refractivity contribution < 1.29 is 9.53 Å². The molecule has 1 aromatic rings. The average molecular weight is 264 g/mol. The number of carbonyl (C=O) groups is 1. The number of nitrogens with zero attached hydrogens (tertiary/aromatic N) is 2. The Labute approximate surface area is 113 Å². The molecule has 6 heteroatoms. The van der Waals surface area contributed by atoms with Crippen LogP contribution in [0.25, 0.3) is 0 Å². The largest absolute Gasteiger partial charge is 0.385 e. The fourth-order valence-corrected chi connectivity index (χ4v) is 1.96. The lowest BCUT2D eigenvalue weighted by atomic mass is 10.2. The molecule has 1 fully saturated rings.